The zero-order chi connectivity index (χ0) is 15.1. The molecule has 0 aliphatic heterocycles. The fourth-order valence-corrected chi connectivity index (χ4v) is 2.83. The van der Waals surface area contributed by atoms with Gasteiger partial charge in [-0.15, -0.1) is 0 Å². The van der Waals surface area contributed by atoms with Crippen molar-refractivity contribution in [3.8, 4) is 11.5 Å². The normalized spacial score (nSPS) is 10.4. The molecule has 1 N–H and O–H groups in total. The van der Waals surface area contributed by atoms with Gasteiger partial charge in [-0.25, -0.2) is 0 Å². The van der Waals surface area contributed by atoms with Crippen LogP contribution in [-0.4, -0.2) is 20.8 Å². The first-order valence-electron chi connectivity index (χ1n) is 6.89. The molecule has 0 heterocycles. The van der Waals surface area contributed by atoms with Gasteiger partial charge in [0.05, 0.1) is 18.7 Å². The smallest absolute Gasteiger partial charge is 0.174 e. The lowest BCUT2D eigenvalue weighted by atomic mass is 10.1. The van der Waals surface area contributed by atoms with Crippen LogP contribution < -0.4 is 14.8 Å². The number of benzene rings is 2. The molecule has 0 atom stereocenters. The lowest BCUT2D eigenvalue weighted by Gasteiger charge is -2.12. The number of methoxy groups -OCH3 is 2. The molecule has 0 spiro atoms. The van der Waals surface area contributed by atoms with E-state index in [1.165, 1.54) is 5.56 Å². The van der Waals surface area contributed by atoms with Gasteiger partial charge in [-0.2, -0.15) is 0 Å². The van der Waals surface area contributed by atoms with E-state index in [9.17, 15) is 0 Å². The van der Waals surface area contributed by atoms with Crippen molar-refractivity contribution in [3.05, 3.63) is 58.1 Å². The third-order valence-corrected chi connectivity index (χ3v) is 3.84. The molecule has 3 nitrogen and oxygen atoms in total. The van der Waals surface area contributed by atoms with E-state index in [1.807, 2.05) is 12.1 Å². The Morgan fingerprint density at radius 2 is 1.76 bits per heavy atom. The zero-order valence-corrected chi connectivity index (χ0v) is 13.9. The number of rotatable bonds is 7. The number of hydrogen-bond acceptors (Lipinski definition) is 3. The summed E-state index contributed by atoms with van der Waals surface area (Å²) in [5.74, 6) is 1.47. The molecule has 0 amide bonds. The highest BCUT2D eigenvalue weighted by Gasteiger charge is 2.10. The number of hydrogen-bond donors (Lipinski definition) is 1. The molecule has 0 aliphatic carbocycles. The molecule has 0 fully saturated rings. The Morgan fingerprint density at radius 3 is 2.43 bits per heavy atom. The fraction of sp³-hybridized carbons (Fsp3) is 0.294. The van der Waals surface area contributed by atoms with E-state index < -0.39 is 0 Å². The first-order chi connectivity index (χ1) is 10.2. The molecule has 0 bridgehead atoms. The molecular formula is C17H20BrNO2. The lowest BCUT2D eigenvalue weighted by Crippen LogP contribution is -2.16. The Kier molecular flexibility index (Phi) is 6.08. The Hall–Kier alpha value is -1.52. The van der Waals surface area contributed by atoms with E-state index in [2.05, 4.69) is 51.6 Å². The van der Waals surface area contributed by atoms with Gasteiger partial charge in [0.1, 0.15) is 0 Å². The third kappa shape index (κ3) is 4.48. The molecule has 0 aliphatic rings. The topological polar surface area (TPSA) is 30.5 Å². The quantitative estimate of drug-likeness (QED) is 0.771. The Morgan fingerprint density at radius 1 is 1.00 bits per heavy atom. The minimum Gasteiger partial charge on any atom is -0.493 e. The van der Waals surface area contributed by atoms with Crippen molar-refractivity contribution in [2.75, 3.05) is 20.8 Å². The van der Waals surface area contributed by atoms with Gasteiger partial charge in [0.2, 0.25) is 0 Å². The molecule has 21 heavy (non-hydrogen) atoms. The van der Waals surface area contributed by atoms with Gasteiger partial charge < -0.3 is 14.8 Å². The highest BCUT2D eigenvalue weighted by molar-refractivity contribution is 9.10. The lowest BCUT2D eigenvalue weighted by molar-refractivity contribution is 0.352. The van der Waals surface area contributed by atoms with Gasteiger partial charge in [-0.05, 0) is 52.2 Å². The van der Waals surface area contributed by atoms with Crippen LogP contribution in [0.15, 0.2) is 46.9 Å². The van der Waals surface area contributed by atoms with Crippen LogP contribution in [0, 0.1) is 0 Å². The summed E-state index contributed by atoms with van der Waals surface area (Å²) in [7, 11) is 3.29. The molecule has 0 saturated carbocycles. The molecule has 2 aromatic rings. The Labute approximate surface area is 134 Å². The van der Waals surface area contributed by atoms with Crippen LogP contribution in [0.5, 0.6) is 11.5 Å². The summed E-state index contributed by atoms with van der Waals surface area (Å²) < 4.78 is 11.6. The zero-order valence-electron chi connectivity index (χ0n) is 12.4. The van der Waals surface area contributed by atoms with Gasteiger partial charge in [0.15, 0.2) is 11.5 Å². The molecule has 0 radical (unpaired) electrons. The minimum absolute atomic E-state index is 0.727. The highest BCUT2D eigenvalue weighted by atomic mass is 79.9. The summed E-state index contributed by atoms with van der Waals surface area (Å²) >= 11 is 3.51. The standard InChI is InChI=1S/C17H20BrNO2/c1-20-16-11-14(10-15(18)17(16)21-2)12-19-9-8-13-6-4-3-5-7-13/h3-7,10-11,19H,8-9,12H2,1-2H3. The summed E-state index contributed by atoms with van der Waals surface area (Å²) in [6.45, 7) is 1.74. The molecular weight excluding hydrogens is 330 g/mol. The van der Waals surface area contributed by atoms with E-state index in [0.29, 0.717) is 0 Å². The van der Waals surface area contributed by atoms with Gasteiger partial charge >= 0.3 is 0 Å². The highest BCUT2D eigenvalue weighted by Crippen LogP contribution is 2.36. The monoisotopic (exact) mass is 349 g/mol. The van der Waals surface area contributed by atoms with E-state index in [-0.39, 0.29) is 0 Å². The molecule has 4 heteroatoms. The summed E-state index contributed by atoms with van der Waals surface area (Å²) in [5, 5.41) is 3.45. The van der Waals surface area contributed by atoms with Crippen LogP contribution in [0.1, 0.15) is 11.1 Å². The van der Waals surface area contributed by atoms with Gasteiger partial charge in [-0.3, -0.25) is 0 Å². The van der Waals surface area contributed by atoms with E-state index in [4.69, 9.17) is 9.47 Å². The summed E-state index contributed by atoms with van der Waals surface area (Å²) in [6, 6.07) is 14.5. The van der Waals surface area contributed by atoms with Crippen LogP contribution in [0.25, 0.3) is 0 Å². The van der Waals surface area contributed by atoms with E-state index in [1.54, 1.807) is 14.2 Å². The van der Waals surface area contributed by atoms with Crippen molar-refractivity contribution in [2.24, 2.45) is 0 Å². The first kappa shape index (κ1) is 15.9. The van der Waals surface area contributed by atoms with Gasteiger partial charge in [0.25, 0.3) is 0 Å². The second-order valence-electron chi connectivity index (χ2n) is 4.73. The average Bonchev–Trinajstić information content (AvgIpc) is 2.52. The third-order valence-electron chi connectivity index (χ3n) is 3.26. The molecule has 0 aromatic heterocycles. The Bertz CT molecular complexity index is 573. The van der Waals surface area contributed by atoms with E-state index >= 15 is 0 Å². The van der Waals surface area contributed by atoms with Crippen molar-refractivity contribution in [1.82, 2.24) is 5.32 Å². The van der Waals surface area contributed by atoms with Crippen molar-refractivity contribution >= 4 is 15.9 Å². The van der Waals surface area contributed by atoms with Crippen molar-refractivity contribution in [2.45, 2.75) is 13.0 Å². The molecule has 0 unspecified atom stereocenters. The maximum absolute atomic E-state index is 5.35. The number of ether oxygens (including phenoxy) is 2. The van der Waals surface area contributed by atoms with E-state index in [0.717, 1.165) is 41.0 Å². The first-order valence-corrected chi connectivity index (χ1v) is 7.69. The van der Waals surface area contributed by atoms with Crippen molar-refractivity contribution in [1.29, 1.82) is 0 Å². The molecule has 2 rings (SSSR count). The van der Waals surface area contributed by atoms with Crippen molar-refractivity contribution in [3.63, 3.8) is 0 Å². The van der Waals surface area contributed by atoms with Crippen LogP contribution in [0.4, 0.5) is 0 Å². The number of halogens is 1. The van der Waals surface area contributed by atoms with Crippen LogP contribution in [0.2, 0.25) is 0 Å². The maximum atomic E-state index is 5.35. The van der Waals surface area contributed by atoms with Crippen LogP contribution in [0.3, 0.4) is 0 Å². The van der Waals surface area contributed by atoms with Gasteiger partial charge in [-0.1, -0.05) is 30.3 Å². The summed E-state index contributed by atoms with van der Waals surface area (Å²) in [5.41, 5.74) is 2.51. The molecule has 2 aromatic carbocycles. The summed E-state index contributed by atoms with van der Waals surface area (Å²) in [6.07, 6.45) is 1.02. The predicted octanol–water partition coefficient (Wildman–Crippen LogP) is 3.80. The molecule has 112 valence electrons. The number of nitrogens with one attached hydrogen (secondary N) is 1. The largest absolute Gasteiger partial charge is 0.493 e. The second kappa shape index (κ2) is 8.05. The maximum Gasteiger partial charge on any atom is 0.174 e. The Balaban J connectivity index is 1.90. The van der Waals surface area contributed by atoms with Crippen molar-refractivity contribution < 1.29 is 9.47 Å². The predicted molar refractivity (Wildman–Crippen MR) is 89.1 cm³/mol. The fourth-order valence-electron chi connectivity index (χ4n) is 2.18. The van der Waals surface area contributed by atoms with Gasteiger partial charge in [0, 0.05) is 6.54 Å². The summed E-state index contributed by atoms with van der Waals surface area (Å²) in [4.78, 5) is 0. The SMILES string of the molecule is COc1cc(CNCCc2ccccc2)cc(Br)c1OC. The minimum atomic E-state index is 0.727. The van der Waals surface area contributed by atoms with Crippen LogP contribution in [-0.2, 0) is 13.0 Å². The average molecular weight is 350 g/mol. The second-order valence-corrected chi connectivity index (χ2v) is 5.58. The van der Waals surface area contributed by atoms with Crippen LogP contribution >= 0.6 is 15.9 Å². The molecule has 0 saturated heterocycles.